The normalized spacial score (nSPS) is 22.8. The van der Waals surface area contributed by atoms with Crippen LogP contribution in [0.25, 0.3) is 0 Å². The van der Waals surface area contributed by atoms with Gasteiger partial charge in [-0.1, -0.05) is 103 Å². The third-order valence-electron chi connectivity index (χ3n) is 6.93. The first-order valence-corrected chi connectivity index (χ1v) is 11.5. The Morgan fingerprint density at radius 1 is 0.667 bits per heavy atom. The summed E-state index contributed by atoms with van der Waals surface area (Å²) < 4.78 is 0. The minimum atomic E-state index is 0.332. The van der Waals surface area contributed by atoms with Gasteiger partial charge in [0.25, 0.3) is 0 Å². The summed E-state index contributed by atoms with van der Waals surface area (Å²) >= 11 is 0. The lowest BCUT2D eigenvalue weighted by Crippen LogP contribution is -2.39. The monoisotopic (exact) mass is 396 g/mol. The Kier molecular flexibility index (Phi) is 5.70. The Hall–Kier alpha value is -2.42. The molecule has 1 aliphatic carbocycles. The number of hydrogen-bond acceptors (Lipinski definition) is 2. The van der Waals surface area contributed by atoms with Crippen molar-refractivity contribution in [2.75, 3.05) is 0 Å². The van der Waals surface area contributed by atoms with E-state index in [-0.39, 0.29) is 0 Å². The van der Waals surface area contributed by atoms with Crippen molar-refractivity contribution in [3.05, 3.63) is 107 Å². The highest BCUT2D eigenvalue weighted by Crippen LogP contribution is 2.45. The van der Waals surface area contributed by atoms with E-state index in [1.807, 2.05) is 0 Å². The molecular weight excluding hydrogens is 364 g/mol. The minimum absolute atomic E-state index is 0.332. The number of rotatable bonds is 5. The molecule has 1 aliphatic heterocycles. The zero-order valence-electron chi connectivity index (χ0n) is 18.0. The van der Waals surface area contributed by atoms with Crippen LogP contribution in [-0.4, -0.2) is 21.9 Å². The molecule has 0 N–H and O–H groups in total. The second-order valence-electron chi connectivity index (χ2n) is 9.02. The van der Waals surface area contributed by atoms with Crippen molar-refractivity contribution in [1.29, 1.82) is 0 Å². The average Bonchev–Trinajstić information content (AvgIpc) is 3.08. The van der Waals surface area contributed by atoms with Gasteiger partial charge in [-0.15, -0.1) is 0 Å². The first-order chi connectivity index (χ1) is 14.8. The van der Waals surface area contributed by atoms with E-state index in [9.17, 15) is 0 Å². The summed E-state index contributed by atoms with van der Waals surface area (Å²) in [5, 5.41) is 0. The van der Waals surface area contributed by atoms with Crippen LogP contribution in [-0.2, 0) is 13.1 Å². The molecule has 0 amide bonds. The van der Waals surface area contributed by atoms with E-state index in [2.05, 4.69) is 102 Å². The van der Waals surface area contributed by atoms with Gasteiger partial charge in [0.1, 0.15) is 0 Å². The van der Waals surface area contributed by atoms with Gasteiger partial charge in [0, 0.05) is 25.2 Å². The Morgan fingerprint density at radius 2 is 1.20 bits per heavy atom. The zero-order chi connectivity index (χ0) is 20.3. The molecule has 30 heavy (non-hydrogen) atoms. The summed E-state index contributed by atoms with van der Waals surface area (Å²) in [6.07, 6.45) is 5.66. The Bertz CT molecular complexity index is 895. The number of nitrogens with zero attached hydrogens (tertiary/aromatic N) is 2. The maximum absolute atomic E-state index is 2.80. The summed E-state index contributed by atoms with van der Waals surface area (Å²) in [7, 11) is 0. The third-order valence-corrected chi connectivity index (χ3v) is 6.93. The fourth-order valence-corrected chi connectivity index (χ4v) is 5.63. The van der Waals surface area contributed by atoms with E-state index >= 15 is 0 Å². The highest BCUT2D eigenvalue weighted by atomic mass is 15.5. The maximum atomic E-state index is 2.80. The van der Waals surface area contributed by atoms with E-state index in [1.54, 1.807) is 0 Å². The first-order valence-electron chi connectivity index (χ1n) is 11.5. The maximum Gasteiger partial charge on any atom is 0.0898 e. The molecule has 1 saturated carbocycles. The molecule has 1 saturated heterocycles. The van der Waals surface area contributed by atoms with Gasteiger partial charge < -0.3 is 0 Å². The fraction of sp³-hybridized carbons (Fsp3) is 0.357. The number of fused-ring (bicyclic) bond motifs is 1. The molecule has 1 heterocycles. The minimum Gasteiger partial charge on any atom is -0.275 e. The molecule has 0 radical (unpaired) electrons. The zero-order valence-corrected chi connectivity index (χ0v) is 18.0. The van der Waals surface area contributed by atoms with Crippen molar-refractivity contribution in [3.8, 4) is 0 Å². The standard InChI is InChI=1S/C28H32N2/c1-22-11-10-16-25(19-22)28-29(20-23-12-4-2-5-13-23)26-17-8-9-18-27(26)30(28)21-24-14-6-3-7-15-24/h2-7,10-16,19,26-28H,8-9,17-18,20-21H2,1H3/t26-,27-/m1/s1. The van der Waals surface area contributed by atoms with E-state index in [0.717, 1.165) is 13.1 Å². The Morgan fingerprint density at radius 3 is 1.70 bits per heavy atom. The Balaban J connectivity index is 1.56. The van der Waals surface area contributed by atoms with Crippen LogP contribution >= 0.6 is 0 Å². The van der Waals surface area contributed by atoms with Gasteiger partial charge in [-0.3, -0.25) is 9.80 Å². The van der Waals surface area contributed by atoms with Crippen molar-refractivity contribution < 1.29 is 0 Å². The highest BCUT2D eigenvalue weighted by Gasteiger charge is 2.47. The van der Waals surface area contributed by atoms with Gasteiger partial charge >= 0.3 is 0 Å². The van der Waals surface area contributed by atoms with Gasteiger partial charge in [0.05, 0.1) is 6.17 Å². The summed E-state index contributed by atoms with van der Waals surface area (Å²) in [4.78, 5) is 5.60. The van der Waals surface area contributed by atoms with Crippen LogP contribution in [0.5, 0.6) is 0 Å². The van der Waals surface area contributed by atoms with Crippen LogP contribution in [0.15, 0.2) is 84.9 Å². The van der Waals surface area contributed by atoms with E-state index in [0.29, 0.717) is 18.2 Å². The van der Waals surface area contributed by atoms with Crippen molar-refractivity contribution >= 4 is 0 Å². The third kappa shape index (κ3) is 3.95. The van der Waals surface area contributed by atoms with E-state index in [4.69, 9.17) is 0 Å². The smallest absolute Gasteiger partial charge is 0.0898 e. The van der Waals surface area contributed by atoms with Gasteiger partial charge in [-0.2, -0.15) is 0 Å². The molecule has 5 rings (SSSR count). The number of benzene rings is 3. The van der Waals surface area contributed by atoms with E-state index < -0.39 is 0 Å². The number of hydrogen-bond donors (Lipinski definition) is 0. The molecule has 0 aromatic heterocycles. The van der Waals surface area contributed by atoms with Crippen LogP contribution in [0.4, 0.5) is 0 Å². The summed E-state index contributed by atoms with van der Waals surface area (Å²) in [5.74, 6) is 0. The van der Waals surface area contributed by atoms with Crippen LogP contribution in [0.2, 0.25) is 0 Å². The lowest BCUT2D eigenvalue weighted by molar-refractivity contribution is 0.102. The molecule has 2 nitrogen and oxygen atoms in total. The largest absolute Gasteiger partial charge is 0.275 e. The average molecular weight is 397 g/mol. The SMILES string of the molecule is Cc1cccc(C2N(Cc3ccccc3)[C@@H]3CCCC[C@H]3N2Cc2ccccc2)c1. The molecule has 2 atom stereocenters. The molecule has 0 spiro atoms. The van der Waals surface area contributed by atoms with Gasteiger partial charge in [-0.25, -0.2) is 0 Å². The molecule has 2 fully saturated rings. The topological polar surface area (TPSA) is 6.48 Å². The van der Waals surface area contributed by atoms with Crippen molar-refractivity contribution in [2.45, 2.75) is 63.9 Å². The van der Waals surface area contributed by atoms with Gasteiger partial charge in [0.15, 0.2) is 0 Å². The van der Waals surface area contributed by atoms with Crippen LogP contribution < -0.4 is 0 Å². The van der Waals surface area contributed by atoms with Gasteiger partial charge in [0.2, 0.25) is 0 Å². The summed E-state index contributed by atoms with van der Waals surface area (Å²) in [6.45, 7) is 4.26. The second kappa shape index (κ2) is 8.75. The van der Waals surface area contributed by atoms with Crippen LogP contribution in [0, 0.1) is 6.92 Å². The highest BCUT2D eigenvalue weighted by molar-refractivity contribution is 5.28. The molecule has 2 aliphatic rings. The molecule has 154 valence electrons. The van der Waals surface area contributed by atoms with E-state index in [1.165, 1.54) is 47.9 Å². The van der Waals surface area contributed by atoms with Gasteiger partial charge in [-0.05, 0) is 36.5 Å². The van der Waals surface area contributed by atoms with Crippen molar-refractivity contribution in [2.24, 2.45) is 0 Å². The molecule has 3 aromatic rings. The van der Waals surface area contributed by atoms with Crippen molar-refractivity contribution in [1.82, 2.24) is 9.80 Å². The predicted octanol–water partition coefficient (Wildman–Crippen LogP) is 6.32. The van der Waals surface area contributed by atoms with Crippen LogP contribution in [0.3, 0.4) is 0 Å². The predicted molar refractivity (Wildman–Crippen MR) is 124 cm³/mol. The lowest BCUT2D eigenvalue weighted by Gasteiger charge is -2.33. The molecular formula is C28H32N2. The second-order valence-corrected chi connectivity index (χ2v) is 9.02. The number of aryl methyl sites for hydroxylation is 1. The summed E-state index contributed by atoms with van der Waals surface area (Å²) in [5.41, 5.74) is 5.63. The molecule has 3 aromatic carbocycles. The van der Waals surface area contributed by atoms with Crippen molar-refractivity contribution in [3.63, 3.8) is 0 Å². The summed E-state index contributed by atoms with van der Waals surface area (Å²) in [6, 6.07) is 32.5. The first kappa shape index (κ1) is 19.5. The van der Waals surface area contributed by atoms with Crippen LogP contribution in [0.1, 0.15) is 54.1 Å². The Labute approximate surface area is 181 Å². The quantitative estimate of drug-likeness (QED) is 0.498. The fourth-order valence-electron chi connectivity index (χ4n) is 5.63. The molecule has 2 heteroatoms. The molecule has 0 unspecified atom stereocenters. The lowest BCUT2D eigenvalue weighted by atomic mass is 9.90. The molecule has 0 bridgehead atoms.